The molecule has 0 fully saturated rings. The minimum atomic E-state index is -4.27. The topological polar surface area (TPSA) is 3.24 Å². The number of rotatable bonds is 1. The molecule has 0 N–H and O–H groups in total. The number of anilines is 1. The number of hydrogen-bond acceptors (Lipinski definition) is 1. The van der Waals surface area contributed by atoms with Gasteiger partial charge in [-0.15, -0.1) is 0 Å². The molecule has 14 heavy (non-hydrogen) atoms. The van der Waals surface area contributed by atoms with Crippen LogP contribution in [0.5, 0.6) is 0 Å². The maximum atomic E-state index is 12.3. The predicted molar refractivity (Wildman–Crippen MR) is 51.2 cm³/mol. The van der Waals surface area contributed by atoms with Gasteiger partial charge in [-0.3, -0.25) is 0 Å². The normalized spacial score (nSPS) is 11.6. The summed E-state index contributed by atoms with van der Waals surface area (Å²) in [5.74, 6) is 0. The van der Waals surface area contributed by atoms with Gasteiger partial charge in [0, 0.05) is 0 Å². The maximum absolute atomic E-state index is 12.3. The Balaban J connectivity index is 3.20. The van der Waals surface area contributed by atoms with Crippen LogP contribution in [0.15, 0.2) is 18.2 Å². The second-order valence-electron chi connectivity index (χ2n) is 3.39. The fraction of sp³-hybridized carbons (Fsp3) is 0.333. The van der Waals surface area contributed by atoms with Crippen LogP contribution in [0.2, 0.25) is 0 Å². The molecule has 0 aromatic heterocycles. The van der Waals surface area contributed by atoms with E-state index in [1.54, 1.807) is 36.7 Å². The van der Waals surface area contributed by atoms with Crippen molar-refractivity contribution in [2.24, 2.45) is 0 Å². The van der Waals surface area contributed by atoms with Crippen molar-refractivity contribution in [2.45, 2.75) is 6.18 Å². The summed E-state index contributed by atoms with van der Waals surface area (Å²) in [7, 11) is 3.45. The number of nitrogens with zero attached hydrogens (tertiary/aromatic N) is 1. The molecule has 5 heteroatoms. The van der Waals surface area contributed by atoms with E-state index in [9.17, 15) is 13.2 Å². The molecule has 0 aliphatic carbocycles. The van der Waals surface area contributed by atoms with Crippen molar-refractivity contribution in [3.63, 3.8) is 0 Å². The van der Waals surface area contributed by atoms with Crippen LogP contribution in [0.4, 0.5) is 18.9 Å². The van der Waals surface area contributed by atoms with E-state index in [-0.39, 0.29) is 0 Å². The van der Waals surface area contributed by atoms with E-state index in [4.69, 9.17) is 0 Å². The van der Waals surface area contributed by atoms with Crippen molar-refractivity contribution in [3.8, 4) is 0 Å². The van der Waals surface area contributed by atoms with Gasteiger partial charge in [-0.1, -0.05) is 0 Å². The molecule has 0 unspecified atom stereocenters. The van der Waals surface area contributed by atoms with Crippen LogP contribution in [0.3, 0.4) is 0 Å². The first-order valence-electron chi connectivity index (χ1n) is 4.17. The number of halogens is 3. The van der Waals surface area contributed by atoms with Gasteiger partial charge in [0.25, 0.3) is 0 Å². The Hall–Kier alpha value is -0.593. The Morgan fingerprint density at radius 2 is 1.79 bits per heavy atom. The number of alkyl halides is 3. The summed E-state index contributed by atoms with van der Waals surface area (Å²) in [6.45, 7) is 0. The Kier molecular flexibility index (Phi) is 3.18. The molecule has 0 saturated carbocycles. The van der Waals surface area contributed by atoms with Gasteiger partial charge in [0.15, 0.2) is 0 Å². The molecule has 1 rings (SSSR count). The van der Waals surface area contributed by atoms with Crippen molar-refractivity contribution in [2.75, 3.05) is 19.0 Å². The van der Waals surface area contributed by atoms with E-state index < -0.39 is 11.7 Å². The van der Waals surface area contributed by atoms with E-state index >= 15 is 0 Å². The third-order valence-electron chi connectivity index (χ3n) is 2.02. The molecular formula is C9H9F3LiN. The molecule has 1 nitrogen and oxygen atoms in total. The zero-order valence-corrected chi connectivity index (χ0v) is 8.31. The average molecular weight is 195 g/mol. The van der Waals surface area contributed by atoms with Crippen LogP contribution in [0.25, 0.3) is 0 Å². The third-order valence-corrected chi connectivity index (χ3v) is 2.02. The molecule has 0 aliphatic rings. The van der Waals surface area contributed by atoms with Crippen LogP contribution >= 0.6 is 0 Å². The summed E-state index contributed by atoms with van der Waals surface area (Å²) in [6.07, 6.45) is -4.27. The molecule has 0 radical (unpaired) electrons. The molecule has 0 amide bonds. The van der Waals surface area contributed by atoms with Gasteiger partial charge in [0.1, 0.15) is 0 Å². The van der Waals surface area contributed by atoms with Crippen molar-refractivity contribution >= 4 is 27.6 Å². The summed E-state index contributed by atoms with van der Waals surface area (Å²) in [5.41, 5.74) is -0.00775. The van der Waals surface area contributed by atoms with Gasteiger partial charge in [0.2, 0.25) is 0 Å². The summed E-state index contributed by atoms with van der Waals surface area (Å²) in [6, 6.07) is 3.75. The monoisotopic (exact) mass is 195 g/mol. The molecule has 0 spiro atoms. The first-order valence-corrected chi connectivity index (χ1v) is 4.17. The van der Waals surface area contributed by atoms with Crippen molar-refractivity contribution in [1.82, 2.24) is 0 Å². The molecule has 1 aromatic rings. The van der Waals surface area contributed by atoms with Gasteiger partial charge in [-0.05, 0) is 0 Å². The Bertz CT molecular complexity index is 333. The minimum absolute atomic E-state index is 0.597. The van der Waals surface area contributed by atoms with Crippen molar-refractivity contribution in [1.29, 1.82) is 0 Å². The third kappa shape index (κ3) is 2.46. The fourth-order valence-electron chi connectivity index (χ4n) is 1.27. The molecule has 0 saturated heterocycles. The second kappa shape index (κ2) is 3.88. The van der Waals surface area contributed by atoms with Gasteiger partial charge in [0.05, 0.1) is 0 Å². The Morgan fingerprint density at radius 1 is 1.21 bits per heavy atom. The summed E-state index contributed by atoms with van der Waals surface area (Å²) in [5, 5.41) is 0. The second-order valence-corrected chi connectivity index (χ2v) is 3.39. The van der Waals surface area contributed by atoms with Crippen LogP contribution in [0.1, 0.15) is 5.56 Å². The van der Waals surface area contributed by atoms with Gasteiger partial charge in [-0.25, -0.2) is 0 Å². The van der Waals surface area contributed by atoms with Crippen LogP contribution < -0.4 is 9.14 Å². The summed E-state index contributed by atoms with van der Waals surface area (Å²) in [4.78, 5) is 1.67. The molecule has 72 valence electrons. The SMILES string of the molecule is [Li][c]1ccc(C(F)(F)F)cc1N(C)C. The first-order chi connectivity index (χ1) is 6.32. The quantitative estimate of drug-likeness (QED) is 0.615. The van der Waals surface area contributed by atoms with E-state index in [0.717, 1.165) is 16.4 Å². The molecular weight excluding hydrogens is 186 g/mol. The van der Waals surface area contributed by atoms with Gasteiger partial charge < -0.3 is 0 Å². The zero-order valence-electron chi connectivity index (χ0n) is 8.31. The van der Waals surface area contributed by atoms with Crippen molar-refractivity contribution < 1.29 is 13.2 Å². The molecule has 0 aliphatic heterocycles. The predicted octanol–water partition coefficient (Wildman–Crippen LogP) is 1.57. The fourth-order valence-corrected chi connectivity index (χ4v) is 1.27. The standard InChI is InChI=1S/C9H9F3N.Li/c1-13(2)8-5-3-4-7(6-8)9(10,11)12;/h3-4,6H,1-2H3;. The molecule has 0 heterocycles. The van der Waals surface area contributed by atoms with Crippen LogP contribution in [0, 0.1) is 0 Å². The van der Waals surface area contributed by atoms with Crippen molar-refractivity contribution in [3.05, 3.63) is 23.8 Å². The average Bonchev–Trinajstić information content (AvgIpc) is 2.02. The van der Waals surface area contributed by atoms with E-state index in [0.29, 0.717) is 5.69 Å². The van der Waals surface area contributed by atoms with Gasteiger partial charge >= 0.3 is 89.7 Å². The van der Waals surface area contributed by atoms with E-state index in [1.165, 1.54) is 6.07 Å². The van der Waals surface area contributed by atoms with Gasteiger partial charge in [-0.2, -0.15) is 0 Å². The first kappa shape index (κ1) is 11.5. The Labute approximate surface area is 90.1 Å². The van der Waals surface area contributed by atoms with Crippen LogP contribution in [-0.4, -0.2) is 31.8 Å². The summed E-state index contributed by atoms with van der Waals surface area (Å²) < 4.78 is 37.9. The molecule has 1 aromatic carbocycles. The van der Waals surface area contributed by atoms with Crippen LogP contribution in [-0.2, 0) is 6.18 Å². The molecule has 0 bridgehead atoms. The number of benzene rings is 1. The molecule has 0 atom stereocenters. The summed E-state index contributed by atoms with van der Waals surface area (Å²) >= 11 is 1.79. The number of hydrogen-bond donors (Lipinski definition) is 0. The zero-order chi connectivity index (χ0) is 10.9. The van der Waals surface area contributed by atoms with E-state index in [2.05, 4.69) is 0 Å². The Morgan fingerprint density at radius 3 is 2.21 bits per heavy atom. The van der Waals surface area contributed by atoms with E-state index in [1.807, 2.05) is 0 Å².